The highest BCUT2D eigenvalue weighted by atomic mass is 35.5. The van der Waals surface area contributed by atoms with Crippen LogP contribution in [0.15, 0.2) is 42.9 Å². The molecule has 2 fully saturated rings. The van der Waals surface area contributed by atoms with Crippen LogP contribution in [0.5, 0.6) is 0 Å². The second-order valence-corrected chi connectivity index (χ2v) is 13.4. The van der Waals surface area contributed by atoms with Crippen molar-refractivity contribution in [2.75, 3.05) is 58.7 Å². The van der Waals surface area contributed by atoms with Gasteiger partial charge >= 0.3 is 6.18 Å². The summed E-state index contributed by atoms with van der Waals surface area (Å²) in [7, 11) is 5.44. The van der Waals surface area contributed by atoms with Crippen LogP contribution in [0.3, 0.4) is 0 Å². The minimum absolute atomic E-state index is 0.0518. The largest absolute Gasteiger partial charge is 0.433 e. The monoisotopic (exact) mass is 715 g/mol. The highest BCUT2D eigenvalue weighted by molar-refractivity contribution is 6.34. The van der Waals surface area contributed by atoms with Crippen molar-refractivity contribution in [2.45, 2.75) is 18.7 Å². The number of H-pyrrole nitrogens is 1. The number of carbonyl (C=O) groups excluding carboxylic acids is 3. The number of hydrogen-bond donors (Lipinski definition) is 3. The summed E-state index contributed by atoms with van der Waals surface area (Å²) in [5, 5.41) is 19.1. The molecular weight excluding hydrogens is 681 g/mol. The van der Waals surface area contributed by atoms with Crippen molar-refractivity contribution in [3.63, 3.8) is 0 Å². The lowest BCUT2D eigenvalue weighted by Crippen LogP contribution is -2.58. The molecule has 3 amide bonds. The van der Waals surface area contributed by atoms with E-state index in [1.54, 1.807) is 9.80 Å². The van der Waals surface area contributed by atoms with Crippen LogP contribution in [-0.2, 0) is 18.0 Å². The van der Waals surface area contributed by atoms with E-state index in [9.17, 15) is 32.7 Å². The maximum Gasteiger partial charge on any atom is 0.433 e. The Hall–Kier alpha value is -4.87. The van der Waals surface area contributed by atoms with Crippen molar-refractivity contribution in [3.8, 4) is 22.8 Å². The summed E-state index contributed by atoms with van der Waals surface area (Å²) in [4.78, 5) is 55.2. The smallest absolute Gasteiger partial charge is 0.386 e. The van der Waals surface area contributed by atoms with Crippen molar-refractivity contribution >= 4 is 35.0 Å². The van der Waals surface area contributed by atoms with Crippen molar-refractivity contribution in [3.05, 3.63) is 65.0 Å². The number of anilines is 1. The van der Waals surface area contributed by atoms with Gasteiger partial charge in [-0.15, -0.1) is 0 Å². The van der Waals surface area contributed by atoms with Gasteiger partial charge in [-0.25, -0.2) is 15.0 Å². The van der Waals surface area contributed by atoms with Crippen LogP contribution in [0.4, 0.5) is 18.9 Å². The Morgan fingerprint density at radius 3 is 2.38 bits per heavy atom. The number of aliphatic hydroxyl groups is 1. The van der Waals surface area contributed by atoms with Crippen molar-refractivity contribution in [2.24, 2.45) is 13.0 Å². The standard InChI is InChI=1S/C32H34ClF3N10O4/c1-43-22(24-25(27-37-8-4-9-38-27)41-42-26(24)32(34,35)36)16-39-28(43)29(48)40-18-5-6-19(21(33)15-18)30(49)44-10-12-45(13-11-44)31(50)20-7-14-46(2,3)17-23(20)47/h4-6,8-9,15-16,20,23,47H,7,10-14,17H2,1-3H3,(H-,37,38,40,41,42,48,49)/p+1. The minimum atomic E-state index is -4.81. The predicted molar refractivity (Wildman–Crippen MR) is 175 cm³/mol. The van der Waals surface area contributed by atoms with Gasteiger partial charge in [0.1, 0.15) is 24.0 Å². The second kappa shape index (κ2) is 13.4. The molecule has 5 heterocycles. The average molecular weight is 716 g/mol. The maximum absolute atomic E-state index is 14.0. The Morgan fingerprint density at radius 2 is 1.74 bits per heavy atom. The zero-order valence-electron chi connectivity index (χ0n) is 27.4. The van der Waals surface area contributed by atoms with Crippen LogP contribution >= 0.6 is 11.6 Å². The molecule has 6 rings (SSSR count). The quantitative estimate of drug-likeness (QED) is 0.257. The van der Waals surface area contributed by atoms with Gasteiger partial charge < -0.3 is 29.3 Å². The van der Waals surface area contributed by atoms with Gasteiger partial charge in [-0.3, -0.25) is 19.5 Å². The lowest BCUT2D eigenvalue weighted by Gasteiger charge is -2.42. The zero-order valence-corrected chi connectivity index (χ0v) is 28.2. The first-order chi connectivity index (χ1) is 23.6. The first-order valence-electron chi connectivity index (χ1n) is 15.8. The number of aromatic nitrogens is 6. The molecule has 0 saturated carbocycles. The van der Waals surface area contributed by atoms with E-state index >= 15 is 0 Å². The molecule has 14 nitrogen and oxygen atoms in total. The predicted octanol–water partition coefficient (Wildman–Crippen LogP) is 2.93. The van der Waals surface area contributed by atoms with Crippen LogP contribution < -0.4 is 5.32 Å². The number of likely N-dealkylation sites (tertiary alicyclic amines) is 1. The van der Waals surface area contributed by atoms with E-state index in [4.69, 9.17) is 11.6 Å². The Balaban J connectivity index is 1.12. The molecule has 2 atom stereocenters. The number of likely N-dealkylation sites (N-methyl/N-ethyl adjacent to an activating group) is 1. The molecule has 0 aliphatic carbocycles. The number of alkyl halides is 3. The van der Waals surface area contributed by atoms with E-state index in [1.165, 1.54) is 48.3 Å². The van der Waals surface area contributed by atoms with Crippen LogP contribution in [-0.4, -0.2) is 126 Å². The number of nitrogens with zero attached hydrogens (tertiary/aromatic N) is 8. The Kier molecular flexibility index (Phi) is 9.41. The van der Waals surface area contributed by atoms with Crippen LogP contribution in [0.25, 0.3) is 22.8 Å². The topological polar surface area (TPSA) is 162 Å². The van der Waals surface area contributed by atoms with E-state index in [0.717, 1.165) is 12.7 Å². The number of hydrogen-bond acceptors (Lipinski definition) is 8. The highest BCUT2D eigenvalue weighted by Gasteiger charge is 2.41. The van der Waals surface area contributed by atoms with Gasteiger partial charge in [0, 0.05) is 57.7 Å². The Morgan fingerprint density at radius 1 is 1.06 bits per heavy atom. The van der Waals surface area contributed by atoms with Gasteiger partial charge in [0.15, 0.2) is 11.6 Å². The minimum Gasteiger partial charge on any atom is -0.386 e. The molecule has 2 aliphatic heterocycles. The molecule has 4 aromatic rings. The lowest BCUT2D eigenvalue weighted by atomic mass is 9.91. The summed E-state index contributed by atoms with van der Waals surface area (Å²) >= 11 is 6.49. The van der Waals surface area contributed by atoms with Crippen molar-refractivity contribution in [1.82, 2.24) is 39.5 Å². The number of nitrogens with one attached hydrogen (secondary N) is 2. The fourth-order valence-corrected chi connectivity index (χ4v) is 6.68. The molecule has 3 N–H and O–H groups in total. The number of quaternary nitrogens is 1. The third-order valence-electron chi connectivity index (χ3n) is 9.12. The molecule has 2 saturated heterocycles. The fourth-order valence-electron chi connectivity index (χ4n) is 6.41. The van der Waals surface area contributed by atoms with Gasteiger partial charge in [0.25, 0.3) is 11.8 Å². The normalized spacial score (nSPS) is 19.4. The second-order valence-electron chi connectivity index (χ2n) is 13.0. The molecule has 2 unspecified atom stereocenters. The van der Waals surface area contributed by atoms with Crippen LogP contribution in [0, 0.1) is 5.92 Å². The number of amides is 3. The molecular formula is C32H35ClF3N10O4+. The molecule has 18 heteroatoms. The molecule has 0 spiro atoms. The van der Waals surface area contributed by atoms with E-state index in [1.807, 2.05) is 19.2 Å². The van der Waals surface area contributed by atoms with Crippen molar-refractivity contribution in [1.29, 1.82) is 0 Å². The number of carbonyl (C=O) groups is 3. The van der Waals surface area contributed by atoms with E-state index < -0.39 is 29.8 Å². The third-order valence-corrected chi connectivity index (χ3v) is 9.43. The first kappa shape index (κ1) is 35.0. The summed E-state index contributed by atoms with van der Waals surface area (Å²) in [5.41, 5.74) is -1.33. The number of aliphatic hydroxyl groups excluding tert-OH is 1. The molecule has 0 radical (unpaired) electrons. The SMILES string of the molecule is Cn1c(-c2c(-c3ncccn3)n[nH]c2C(F)(F)F)cnc1C(=O)Nc1ccc(C(=O)N2CCN(C(=O)C3CC[N+](C)(C)CC3O)CC2)c(Cl)c1. The van der Waals surface area contributed by atoms with Gasteiger partial charge in [0.2, 0.25) is 5.91 Å². The van der Waals surface area contributed by atoms with Crippen LogP contribution in [0.1, 0.15) is 33.1 Å². The van der Waals surface area contributed by atoms with E-state index in [0.29, 0.717) is 30.5 Å². The summed E-state index contributed by atoms with van der Waals surface area (Å²) in [6.45, 7) is 2.53. The van der Waals surface area contributed by atoms with Crippen LogP contribution in [0.2, 0.25) is 5.02 Å². The molecule has 264 valence electrons. The van der Waals surface area contributed by atoms with Gasteiger partial charge in [-0.1, -0.05) is 11.6 Å². The van der Waals surface area contributed by atoms with E-state index in [2.05, 4.69) is 25.4 Å². The molecule has 3 aromatic heterocycles. The van der Waals surface area contributed by atoms with Crippen molar-refractivity contribution < 1.29 is 37.1 Å². The third kappa shape index (κ3) is 6.93. The summed E-state index contributed by atoms with van der Waals surface area (Å²) < 4.78 is 43.7. The Labute approximate surface area is 289 Å². The number of piperidine rings is 1. The number of aromatic amines is 1. The average Bonchev–Trinajstić information content (AvgIpc) is 3.68. The lowest BCUT2D eigenvalue weighted by molar-refractivity contribution is -0.899. The number of imidazole rings is 1. The number of benzene rings is 1. The molecule has 0 bridgehead atoms. The number of rotatable bonds is 6. The first-order valence-corrected chi connectivity index (χ1v) is 16.2. The summed E-state index contributed by atoms with van der Waals surface area (Å²) in [6, 6.07) is 5.85. The highest BCUT2D eigenvalue weighted by Crippen LogP contribution is 2.40. The molecule has 50 heavy (non-hydrogen) atoms. The molecule has 1 aromatic carbocycles. The van der Waals surface area contributed by atoms with E-state index in [-0.39, 0.29) is 69.8 Å². The van der Waals surface area contributed by atoms with Gasteiger partial charge in [-0.05, 0) is 24.3 Å². The maximum atomic E-state index is 14.0. The van der Waals surface area contributed by atoms with Gasteiger partial charge in [0.05, 0.1) is 54.6 Å². The van der Waals surface area contributed by atoms with Gasteiger partial charge in [-0.2, -0.15) is 18.3 Å². The number of halogens is 4. The molecule has 2 aliphatic rings. The Bertz CT molecular complexity index is 1920. The summed E-state index contributed by atoms with van der Waals surface area (Å²) in [5.74, 6) is -1.90. The fraction of sp³-hybridized carbons (Fsp3) is 0.406. The zero-order chi connectivity index (χ0) is 36.0. The number of piperazine rings is 1. The summed E-state index contributed by atoms with van der Waals surface area (Å²) in [6.07, 6.45) is -1.06.